The van der Waals surface area contributed by atoms with Crippen LogP contribution < -0.4 is 10.6 Å². The van der Waals surface area contributed by atoms with Gasteiger partial charge in [0.25, 0.3) is 0 Å². The number of halogens is 1. The van der Waals surface area contributed by atoms with Gasteiger partial charge in [-0.15, -0.1) is 0 Å². The molecule has 0 aliphatic carbocycles. The van der Waals surface area contributed by atoms with Crippen molar-refractivity contribution in [3.05, 3.63) is 29.6 Å². The van der Waals surface area contributed by atoms with E-state index in [1.54, 1.807) is 6.07 Å². The maximum Gasteiger partial charge on any atom is 0.146 e. The fourth-order valence-corrected chi connectivity index (χ4v) is 2.53. The quantitative estimate of drug-likeness (QED) is 0.912. The van der Waals surface area contributed by atoms with Crippen LogP contribution in [0.2, 0.25) is 0 Å². The molecule has 1 atom stereocenters. The Bertz CT molecular complexity index is 446. The van der Waals surface area contributed by atoms with Crippen LogP contribution in [0.5, 0.6) is 0 Å². The third-order valence-corrected chi connectivity index (χ3v) is 3.34. The summed E-state index contributed by atoms with van der Waals surface area (Å²) >= 11 is 0. The number of nitrogens with two attached hydrogens (primary N) is 1. The number of benzene rings is 1. The van der Waals surface area contributed by atoms with Gasteiger partial charge in [0.05, 0.1) is 17.9 Å². The van der Waals surface area contributed by atoms with Gasteiger partial charge in [0.15, 0.2) is 0 Å². The second-order valence-electron chi connectivity index (χ2n) is 6.00. The van der Waals surface area contributed by atoms with Gasteiger partial charge in [-0.05, 0) is 44.9 Å². The highest BCUT2D eigenvalue weighted by Gasteiger charge is 2.28. The van der Waals surface area contributed by atoms with Crippen LogP contribution in [-0.4, -0.2) is 31.3 Å². The van der Waals surface area contributed by atoms with Gasteiger partial charge in [-0.1, -0.05) is 6.07 Å². The lowest BCUT2D eigenvalue weighted by Crippen LogP contribution is -2.48. The predicted molar refractivity (Wildman–Crippen MR) is 76.0 cm³/mol. The molecule has 1 unspecified atom stereocenters. The summed E-state index contributed by atoms with van der Waals surface area (Å²) in [5.41, 5.74) is 7.12. The first kappa shape index (κ1) is 14.3. The zero-order valence-corrected chi connectivity index (χ0v) is 11.9. The standard InChI is InChI=1S/C15H23FN2O/c1-11(17)8-12-4-5-14(13(16)9-12)18-6-7-19-15(2,3)10-18/h4-5,9,11H,6-8,10,17H2,1-3H3. The van der Waals surface area contributed by atoms with Gasteiger partial charge >= 0.3 is 0 Å². The van der Waals surface area contributed by atoms with Crippen molar-refractivity contribution in [2.24, 2.45) is 5.73 Å². The molecule has 0 aromatic heterocycles. The van der Waals surface area contributed by atoms with Gasteiger partial charge in [-0.25, -0.2) is 4.39 Å². The molecular weight excluding hydrogens is 243 g/mol. The number of hydrogen-bond acceptors (Lipinski definition) is 3. The summed E-state index contributed by atoms with van der Waals surface area (Å²) in [5, 5.41) is 0. The molecule has 106 valence electrons. The van der Waals surface area contributed by atoms with E-state index in [1.165, 1.54) is 0 Å². The molecule has 3 nitrogen and oxygen atoms in total. The van der Waals surface area contributed by atoms with Crippen LogP contribution in [0.3, 0.4) is 0 Å². The first-order valence-electron chi connectivity index (χ1n) is 6.80. The van der Waals surface area contributed by atoms with E-state index >= 15 is 0 Å². The summed E-state index contributed by atoms with van der Waals surface area (Å²) < 4.78 is 19.9. The summed E-state index contributed by atoms with van der Waals surface area (Å²) in [4.78, 5) is 2.05. The van der Waals surface area contributed by atoms with Crippen molar-refractivity contribution < 1.29 is 9.13 Å². The zero-order chi connectivity index (χ0) is 14.0. The third-order valence-electron chi connectivity index (χ3n) is 3.34. The van der Waals surface area contributed by atoms with E-state index in [2.05, 4.69) is 4.90 Å². The Hall–Kier alpha value is -1.13. The molecule has 0 bridgehead atoms. The van der Waals surface area contributed by atoms with Crippen molar-refractivity contribution in [2.45, 2.75) is 38.8 Å². The molecule has 0 saturated carbocycles. The topological polar surface area (TPSA) is 38.5 Å². The van der Waals surface area contributed by atoms with Crippen LogP contribution in [0.1, 0.15) is 26.3 Å². The maximum absolute atomic E-state index is 14.2. The third kappa shape index (κ3) is 3.67. The monoisotopic (exact) mass is 266 g/mol. The fourth-order valence-electron chi connectivity index (χ4n) is 2.53. The number of nitrogens with zero attached hydrogens (tertiary/aromatic N) is 1. The smallest absolute Gasteiger partial charge is 0.146 e. The first-order chi connectivity index (χ1) is 8.87. The Morgan fingerprint density at radius 2 is 2.21 bits per heavy atom. The Balaban J connectivity index is 2.16. The van der Waals surface area contributed by atoms with Gasteiger partial charge in [-0.2, -0.15) is 0 Å². The van der Waals surface area contributed by atoms with E-state index in [9.17, 15) is 4.39 Å². The fraction of sp³-hybridized carbons (Fsp3) is 0.600. The van der Waals surface area contributed by atoms with Gasteiger partial charge in [0, 0.05) is 19.1 Å². The average Bonchev–Trinajstić information content (AvgIpc) is 2.26. The number of anilines is 1. The summed E-state index contributed by atoms with van der Waals surface area (Å²) in [6, 6.07) is 5.47. The minimum Gasteiger partial charge on any atom is -0.372 e. The van der Waals surface area contributed by atoms with Crippen molar-refractivity contribution in [3.8, 4) is 0 Å². The van der Waals surface area contributed by atoms with E-state index in [4.69, 9.17) is 10.5 Å². The molecule has 1 aromatic carbocycles. The van der Waals surface area contributed by atoms with Crippen LogP contribution in [0, 0.1) is 5.82 Å². The van der Waals surface area contributed by atoms with Crippen LogP contribution >= 0.6 is 0 Å². The lowest BCUT2D eigenvalue weighted by molar-refractivity contribution is -0.0278. The molecule has 1 aliphatic heterocycles. The summed E-state index contributed by atoms with van der Waals surface area (Å²) in [5.74, 6) is -0.171. The van der Waals surface area contributed by atoms with Crippen LogP contribution in [0.25, 0.3) is 0 Å². The molecule has 0 radical (unpaired) electrons. The molecule has 2 N–H and O–H groups in total. The molecule has 19 heavy (non-hydrogen) atoms. The lowest BCUT2D eigenvalue weighted by atomic mass is 10.0. The molecule has 0 amide bonds. The Morgan fingerprint density at radius 1 is 1.47 bits per heavy atom. The second-order valence-corrected chi connectivity index (χ2v) is 6.00. The molecule has 1 aliphatic rings. The first-order valence-corrected chi connectivity index (χ1v) is 6.80. The molecule has 1 fully saturated rings. The molecule has 0 spiro atoms. The molecule has 2 rings (SSSR count). The van der Waals surface area contributed by atoms with Crippen LogP contribution in [0.15, 0.2) is 18.2 Å². The largest absolute Gasteiger partial charge is 0.372 e. The van der Waals surface area contributed by atoms with Gasteiger partial charge < -0.3 is 15.4 Å². The summed E-state index contributed by atoms with van der Waals surface area (Å²) in [7, 11) is 0. The number of morpholine rings is 1. The van der Waals surface area contributed by atoms with Gasteiger partial charge in [-0.3, -0.25) is 0 Å². The predicted octanol–water partition coefficient (Wildman–Crippen LogP) is 2.33. The van der Waals surface area contributed by atoms with E-state index in [-0.39, 0.29) is 17.5 Å². The average molecular weight is 266 g/mol. The molecule has 1 heterocycles. The van der Waals surface area contributed by atoms with E-state index in [0.717, 1.165) is 12.1 Å². The second kappa shape index (κ2) is 5.47. The Labute approximate surface area is 114 Å². The van der Waals surface area contributed by atoms with Crippen molar-refractivity contribution in [3.63, 3.8) is 0 Å². The highest BCUT2D eigenvalue weighted by atomic mass is 19.1. The minimum absolute atomic E-state index is 0.0487. The Morgan fingerprint density at radius 3 is 2.79 bits per heavy atom. The SMILES string of the molecule is CC(N)Cc1ccc(N2CCOC(C)(C)C2)c(F)c1. The van der Waals surface area contributed by atoms with Crippen molar-refractivity contribution in [1.29, 1.82) is 0 Å². The summed E-state index contributed by atoms with van der Waals surface area (Å²) in [6.45, 7) is 8.05. The lowest BCUT2D eigenvalue weighted by Gasteiger charge is -2.39. The molecule has 4 heteroatoms. The number of ether oxygens (including phenoxy) is 1. The van der Waals surface area contributed by atoms with Crippen LogP contribution in [0.4, 0.5) is 10.1 Å². The van der Waals surface area contributed by atoms with Crippen molar-refractivity contribution in [2.75, 3.05) is 24.6 Å². The van der Waals surface area contributed by atoms with Crippen molar-refractivity contribution >= 4 is 5.69 Å². The molecule has 1 saturated heterocycles. The van der Waals surface area contributed by atoms with Gasteiger partial charge in [0.1, 0.15) is 5.82 Å². The number of hydrogen-bond donors (Lipinski definition) is 1. The minimum atomic E-state index is -0.227. The Kier molecular flexibility index (Phi) is 4.11. The maximum atomic E-state index is 14.2. The van der Waals surface area contributed by atoms with Crippen LogP contribution in [-0.2, 0) is 11.2 Å². The molecular formula is C15H23FN2O. The van der Waals surface area contributed by atoms with E-state index < -0.39 is 0 Å². The van der Waals surface area contributed by atoms with E-state index in [0.29, 0.717) is 25.3 Å². The molecule has 1 aromatic rings. The van der Waals surface area contributed by atoms with Gasteiger partial charge in [0.2, 0.25) is 0 Å². The van der Waals surface area contributed by atoms with Crippen molar-refractivity contribution in [1.82, 2.24) is 0 Å². The zero-order valence-electron chi connectivity index (χ0n) is 11.9. The van der Waals surface area contributed by atoms with E-state index in [1.807, 2.05) is 32.9 Å². The highest BCUT2D eigenvalue weighted by Crippen LogP contribution is 2.26. The number of rotatable bonds is 3. The highest BCUT2D eigenvalue weighted by molar-refractivity contribution is 5.50. The normalized spacial score (nSPS) is 20.4. The summed E-state index contributed by atoms with van der Waals surface area (Å²) in [6.07, 6.45) is 0.700.